The minimum absolute atomic E-state index is 0.240. The summed E-state index contributed by atoms with van der Waals surface area (Å²) in [5.41, 5.74) is 0.248. The minimum Gasteiger partial charge on any atom is -0.495 e. The van der Waals surface area contributed by atoms with Gasteiger partial charge in [0.25, 0.3) is 0 Å². The third-order valence-electron chi connectivity index (χ3n) is 2.94. The van der Waals surface area contributed by atoms with E-state index >= 15 is 0 Å². The van der Waals surface area contributed by atoms with Gasteiger partial charge in [0, 0.05) is 11.4 Å². The van der Waals surface area contributed by atoms with Gasteiger partial charge < -0.3 is 15.2 Å². The zero-order valence-electron chi connectivity index (χ0n) is 11.9. The van der Waals surface area contributed by atoms with Gasteiger partial charge in [0.2, 0.25) is 5.91 Å². The summed E-state index contributed by atoms with van der Waals surface area (Å²) in [6, 6.07) is 3.49. The highest BCUT2D eigenvalue weighted by molar-refractivity contribution is 9.10. The molecule has 0 aliphatic heterocycles. The van der Waals surface area contributed by atoms with Crippen molar-refractivity contribution < 1.29 is 19.4 Å². The third kappa shape index (κ3) is 3.72. The Morgan fingerprint density at radius 2 is 2.00 bits per heavy atom. The first-order valence-corrected chi connectivity index (χ1v) is 6.84. The van der Waals surface area contributed by atoms with Crippen LogP contribution in [0.4, 0.5) is 5.69 Å². The monoisotopic (exact) mass is 343 g/mol. The van der Waals surface area contributed by atoms with Gasteiger partial charge in [0.15, 0.2) is 0 Å². The first-order valence-electron chi connectivity index (χ1n) is 6.05. The van der Waals surface area contributed by atoms with Gasteiger partial charge in [-0.2, -0.15) is 0 Å². The highest BCUT2D eigenvalue weighted by Crippen LogP contribution is 2.38. The molecule has 0 aliphatic carbocycles. The molecule has 0 atom stereocenters. The minimum atomic E-state index is -0.956. The molecule has 0 heterocycles. The summed E-state index contributed by atoms with van der Waals surface area (Å²) in [4.78, 5) is 22.6. The standard InChI is InChI=1S/C14H18BrNO4/c1-8(17)16-12-9(7-14(2,3)13(18)19)10(15)5-6-11(12)20-4/h5-6H,7H2,1-4H3,(H,16,17)(H,18,19). The second kappa shape index (κ2) is 6.26. The molecule has 0 spiro atoms. The molecule has 0 saturated heterocycles. The summed E-state index contributed by atoms with van der Waals surface area (Å²) in [5, 5.41) is 12.0. The van der Waals surface area contributed by atoms with Crippen molar-refractivity contribution in [2.75, 3.05) is 12.4 Å². The summed E-state index contributed by atoms with van der Waals surface area (Å²) in [5.74, 6) is -0.642. The van der Waals surface area contributed by atoms with Crippen molar-refractivity contribution in [2.45, 2.75) is 27.2 Å². The number of aliphatic carboxylic acids is 1. The highest BCUT2D eigenvalue weighted by atomic mass is 79.9. The van der Waals surface area contributed by atoms with Gasteiger partial charge in [-0.25, -0.2) is 0 Å². The molecule has 1 amide bonds. The molecule has 6 heteroatoms. The van der Waals surface area contributed by atoms with E-state index in [2.05, 4.69) is 21.2 Å². The molecule has 0 fully saturated rings. The predicted octanol–water partition coefficient (Wildman–Crippen LogP) is 3.07. The summed E-state index contributed by atoms with van der Waals surface area (Å²) >= 11 is 3.40. The number of carbonyl (C=O) groups excluding carboxylic acids is 1. The van der Waals surface area contributed by atoms with Gasteiger partial charge in [-0.3, -0.25) is 9.59 Å². The van der Waals surface area contributed by atoms with Crippen LogP contribution in [0.5, 0.6) is 5.75 Å². The average molecular weight is 344 g/mol. The number of carboxylic acids is 1. The average Bonchev–Trinajstić information content (AvgIpc) is 2.33. The molecule has 0 saturated carbocycles. The van der Waals surface area contributed by atoms with E-state index in [1.807, 2.05) is 0 Å². The van der Waals surface area contributed by atoms with Gasteiger partial charge in [-0.1, -0.05) is 15.9 Å². The molecule has 1 aromatic rings. The van der Waals surface area contributed by atoms with Crippen LogP contribution >= 0.6 is 15.9 Å². The van der Waals surface area contributed by atoms with E-state index in [0.717, 1.165) is 4.47 Å². The Morgan fingerprint density at radius 1 is 1.40 bits per heavy atom. The Bertz CT molecular complexity index is 540. The summed E-state index contributed by atoms with van der Waals surface area (Å²) in [6.07, 6.45) is 0.260. The number of anilines is 1. The predicted molar refractivity (Wildman–Crippen MR) is 80.1 cm³/mol. The number of carboxylic acid groups (broad SMARTS) is 1. The molecule has 20 heavy (non-hydrogen) atoms. The van der Waals surface area contributed by atoms with Crippen LogP contribution in [-0.4, -0.2) is 24.1 Å². The number of carbonyl (C=O) groups is 2. The smallest absolute Gasteiger partial charge is 0.309 e. The number of rotatable bonds is 5. The van der Waals surface area contributed by atoms with Crippen LogP contribution in [0.3, 0.4) is 0 Å². The topological polar surface area (TPSA) is 75.6 Å². The first-order chi connectivity index (χ1) is 9.19. The Morgan fingerprint density at radius 3 is 2.45 bits per heavy atom. The fourth-order valence-electron chi connectivity index (χ4n) is 1.77. The zero-order valence-corrected chi connectivity index (χ0v) is 13.5. The van der Waals surface area contributed by atoms with E-state index in [-0.39, 0.29) is 12.3 Å². The number of hydrogen-bond acceptors (Lipinski definition) is 3. The molecule has 0 aromatic heterocycles. The maximum absolute atomic E-state index is 11.3. The molecule has 1 aromatic carbocycles. The number of halogens is 1. The lowest BCUT2D eigenvalue weighted by molar-refractivity contribution is -0.146. The van der Waals surface area contributed by atoms with Crippen LogP contribution in [0, 0.1) is 5.41 Å². The van der Waals surface area contributed by atoms with Crippen molar-refractivity contribution >= 4 is 33.5 Å². The molecule has 0 aliphatic rings. The van der Waals surface area contributed by atoms with Crippen LogP contribution < -0.4 is 10.1 Å². The number of nitrogens with one attached hydrogen (secondary N) is 1. The normalized spacial score (nSPS) is 11.1. The zero-order chi connectivity index (χ0) is 15.5. The first kappa shape index (κ1) is 16.5. The summed E-state index contributed by atoms with van der Waals surface area (Å²) < 4.78 is 5.97. The number of methoxy groups -OCH3 is 1. The van der Waals surface area contributed by atoms with E-state index in [1.54, 1.807) is 26.0 Å². The molecule has 1 rings (SSSR count). The Kier molecular flexibility index (Phi) is 5.16. The Hall–Kier alpha value is -1.56. The van der Waals surface area contributed by atoms with Crippen molar-refractivity contribution in [3.05, 3.63) is 22.2 Å². The highest BCUT2D eigenvalue weighted by Gasteiger charge is 2.30. The fraction of sp³-hybridized carbons (Fsp3) is 0.429. The van der Waals surface area contributed by atoms with Gasteiger partial charge in [0.1, 0.15) is 5.75 Å². The lowest BCUT2D eigenvalue weighted by Crippen LogP contribution is -2.27. The van der Waals surface area contributed by atoms with Crippen molar-refractivity contribution in [1.29, 1.82) is 0 Å². The lowest BCUT2D eigenvalue weighted by atomic mass is 9.85. The molecule has 110 valence electrons. The summed E-state index contributed by atoms with van der Waals surface area (Å²) in [7, 11) is 1.50. The number of benzene rings is 1. The Labute approximate surface area is 126 Å². The second-order valence-electron chi connectivity index (χ2n) is 5.15. The number of amides is 1. The quantitative estimate of drug-likeness (QED) is 0.861. The van der Waals surface area contributed by atoms with E-state index in [9.17, 15) is 14.7 Å². The van der Waals surface area contributed by atoms with E-state index < -0.39 is 11.4 Å². The number of ether oxygens (including phenoxy) is 1. The van der Waals surface area contributed by atoms with Gasteiger partial charge in [0.05, 0.1) is 18.2 Å². The van der Waals surface area contributed by atoms with Gasteiger partial charge >= 0.3 is 5.97 Å². The lowest BCUT2D eigenvalue weighted by Gasteiger charge is -2.23. The summed E-state index contributed by atoms with van der Waals surface area (Å²) in [6.45, 7) is 4.67. The largest absolute Gasteiger partial charge is 0.495 e. The molecular weight excluding hydrogens is 326 g/mol. The van der Waals surface area contributed by atoms with Gasteiger partial charge in [-0.15, -0.1) is 0 Å². The van der Waals surface area contributed by atoms with Crippen LogP contribution in [0.25, 0.3) is 0 Å². The molecule has 5 nitrogen and oxygen atoms in total. The maximum atomic E-state index is 11.3. The van der Waals surface area contributed by atoms with Crippen molar-refractivity contribution in [3.8, 4) is 5.75 Å². The van der Waals surface area contributed by atoms with Crippen molar-refractivity contribution in [3.63, 3.8) is 0 Å². The van der Waals surface area contributed by atoms with Crippen LogP contribution in [-0.2, 0) is 16.0 Å². The second-order valence-corrected chi connectivity index (χ2v) is 6.00. The molecule has 0 radical (unpaired) electrons. The molecule has 0 unspecified atom stereocenters. The van der Waals surface area contributed by atoms with Crippen molar-refractivity contribution in [2.24, 2.45) is 5.41 Å². The molecule has 0 bridgehead atoms. The molecule has 2 N–H and O–H groups in total. The third-order valence-corrected chi connectivity index (χ3v) is 3.68. The van der Waals surface area contributed by atoms with Crippen molar-refractivity contribution in [1.82, 2.24) is 0 Å². The van der Waals surface area contributed by atoms with E-state index in [4.69, 9.17) is 4.74 Å². The SMILES string of the molecule is COc1ccc(Br)c(CC(C)(C)C(=O)O)c1NC(C)=O. The fourth-order valence-corrected chi connectivity index (χ4v) is 2.25. The Balaban J connectivity index is 3.35. The molecular formula is C14H18BrNO4. The van der Waals surface area contributed by atoms with Crippen LogP contribution in [0.15, 0.2) is 16.6 Å². The number of hydrogen-bond donors (Lipinski definition) is 2. The van der Waals surface area contributed by atoms with E-state index in [1.165, 1.54) is 14.0 Å². The van der Waals surface area contributed by atoms with Crippen LogP contribution in [0.1, 0.15) is 26.3 Å². The maximum Gasteiger partial charge on any atom is 0.309 e. The van der Waals surface area contributed by atoms with Gasteiger partial charge in [-0.05, 0) is 38.0 Å². The van der Waals surface area contributed by atoms with Crippen LogP contribution in [0.2, 0.25) is 0 Å². The van der Waals surface area contributed by atoms with E-state index in [0.29, 0.717) is 17.0 Å².